The highest BCUT2D eigenvalue weighted by atomic mass is 35.5. The second-order valence-corrected chi connectivity index (χ2v) is 3.07. The number of aliphatic carboxylic acids is 1. The monoisotopic (exact) mass is 223 g/mol. The summed E-state index contributed by atoms with van der Waals surface area (Å²) in [5, 5.41) is 11.8. The second kappa shape index (κ2) is 5.82. The highest BCUT2D eigenvalue weighted by Crippen LogP contribution is 2.20. The molecule has 14 heavy (non-hydrogen) atoms. The molecule has 0 bridgehead atoms. The zero-order valence-corrected chi connectivity index (χ0v) is 8.67. The van der Waals surface area contributed by atoms with Gasteiger partial charge in [0.05, 0.1) is 18.9 Å². The van der Waals surface area contributed by atoms with Crippen LogP contribution in [0.2, 0.25) is 0 Å². The van der Waals surface area contributed by atoms with Gasteiger partial charge in [0.2, 0.25) is 0 Å². The van der Waals surface area contributed by atoms with Crippen LogP contribution in [-0.2, 0) is 14.3 Å². The highest BCUT2D eigenvalue weighted by molar-refractivity contribution is 5.85. The Kier molecular flexibility index (Phi) is 5.49. The number of hydrogen-bond acceptors (Lipinski definition) is 4. The van der Waals surface area contributed by atoms with E-state index in [1.54, 1.807) is 0 Å². The van der Waals surface area contributed by atoms with Crippen LogP contribution in [0, 0.1) is 11.8 Å². The number of rotatable bonds is 2. The highest BCUT2D eigenvalue weighted by Gasteiger charge is 2.36. The van der Waals surface area contributed by atoms with Crippen LogP contribution in [0.25, 0.3) is 0 Å². The van der Waals surface area contributed by atoms with Gasteiger partial charge in [-0.15, -0.1) is 12.4 Å². The van der Waals surface area contributed by atoms with Gasteiger partial charge < -0.3 is 15.2 Å². The number of carboxylic acids is 1. The van der Waals surface area contributed by atoms with Crippen molar-refractivity contribution in [3.05, 3.63) is 0 Å². The summed E-state index contributed by atoms with van der Waals surface area (Å²) < 4.78 is 4.53. The maximum absolute atomic E-state index is 11.2. The molecular weight excluding hydrogens is 210 g/mol. The van der Waals surface area contributed by atoms with E-state index in [2.05, 4.69) is 10.1 Å². The van der Waals surface area contributed by atoms with Crippen molar-refractivity contribution in [3.63, 3.8) is 0 Å². The molecule has 1 fully saturated rings. The van der Waals surface area contributed by atoms with Crippen molar-refractivity contribution in [2.45, 2.75) is 6.42 Å². The zero-order valence-electron chi connectivity index (χ0n) is 7.86. The molecule has 6 heteroatoms. The van der Waals surface area contributed by atoms with Crippen molar-refractivity contribution in [1.29, 1.82) is 0 Å². The summed E-state index contributed by atoms with van der Waals surface area (Å²) in [7, 11) is 1.27. The molecule has 1 aliphatic rings. The first-order valence-corrected chi connectivity index (χ1v) is 4.18. The smallest absolute Gasteiger partial charge is 0.310 e. The van der Waals surface area contributed by atoms with Crippen LogP contribution in [-0.4, -0.2) is 37.2 Å². The molecule has 1 aliphatic heterocycles. The van der Waals surface area contributed by atoms with Gasteiger partial charge in [0, 0.05) is 6.54 Å². The largest absolute Gasteiger partial charge is 0.481 e. The molecule has 82 valence electrons. The van der Waals surface area contributed by atoms with Gasteiger partial charge >= 0.3 is 11.9 Å². The van der Waals surface area contributed by atoms with Crippen molar-refractivity contribution in [2.75, 3.05) is 20.2 Å². The first kappa shape index (κ1) is 13.2. The lowest BCUT2D eigenvalue weighted by Crippen LogP contribution is -2.44. The van der Waals surface area contributed by atoms with E-state index >= 15 is 0 Å². The summed E-state index contributed by atoms with van der Waals surface area (Å²) in [6, 6.07) is 0. The molecule has 0 radical (unpaired) electrons. The summed E-state index contributed by atoms with van der Waals surface area (Å²) in [5.74, 6) is -2.51. The molecule has 1 saturated heterocycles. The maximum atomic E-state index is 11.2. The predicted molar refractivity (Wildman–Crippen MR) is 51.4 cm³/mol. The molecule has 0 spiro atoms. The van der Waals surface area contributed by atoms with E-state index in [1.165, 1.54) is 7.11 Å². The zero-order chi connectivity index (χ0) is 9.84. The Balaban J connectivity index is 0.00000169. The minimum Gasteiger partial charge on any atom is -0.481 e. The quantitative estimate of drug-likeness (QED) is 0.639. The number of carbonyl (C=O) groups excluding carboxylic acids is 1. The molecule has 1 rings (SSSR count). The Labute approximate surface area is 88.2 Å². The minimum absolute atomic E-state index is 0. The van der Waals surface area contributed by atoms with Crippen molar-refractivity contribution in [1.82, 2.24) is 5.32 Å². The van der Waals surface area contributed by atoms with E-state index in [9.17, 15) is 9.59 Å². The summed E-state index contributed by atoms with van der Waals surface area (Å²) in [6.45, 7) is 1.04. The molecule has 0 aromatic carbocycles. The number of nitrogens with one attached hydrogen (secondary N) is 1. The van der Waals surface area contributed by atoms with Gasteiger partial charge in [0.25, 0.3) is 0 Å². The van der Waals surface area contributed by atoms with Crippen LogP contribution in [0.15, 0.2) is 0 Å². The average Bonchev–Trinajstić information content (AvgIpc) is 2.16. The molecule has 5 nitrogen and oxygen atoms in total. The van der Waals surface area contributed by atoms with E-state index < -0.39 is 23.8 Å². The lowest BCUT2D eigenvalue weighted by atomic mass is 9.86. The summed E-state index contributed by atoms with van der Waals surface area (Å²) >= 11 is 0. The molecule has 0 aromatic heterocycles. The lowest BCUT2D eigenvalue weighted by Gasteiger charge is -2.26. The molecule has 0 amide bonds. The molecule has 2 atom stereocenters. The van der Waals surface area contributed by atoms with Gasteiger partial charge in [-0.05, 0) is 13.0 Å². The third-order valence-electron chi connectivity index (χ3n) is 2.30. The minimum atomic E-state index is -0.920. The molecule has 0 aliphatic carbocycles. The first-order chi connectivity index (χ1) is 6.16. The topological polar surface area (TPSA) is 75.6 Å². The van der Waals surface area contributed by atoms with Crippen molar-refractivity contribution >= 4 is 24.3 Å². The van der Waals surface area contributed by atoms with Crippen LogP contribution in [0.3, 0.4) is 0 Å². The van der Waals surface area contributed by atoms with E-state index in [0.29, 0.717) is 19.5 Å². The first-order valence-electron chi connectivity index (χ1n) is 4.18. The van der Waals surface area contributed by atoms with E-state index in [4.69, 9.17) is 5.11 Å². The molecule has 1 heterocycles. The number of methoxy groups -OCH3 is 1. The summed E-state index contributed by atoms with van der Waals surface area (Å²) in [5.41, 5.74) is 0. The molecule has 0 saturated carbocycles. The van der Waals surface area contributed by atoms with Gasteiger partial charge in [-0.1, -0.05) is 0 Å². The third kappa shape index (κ3) is 2.85. The van der Waals surface area contributed by atoms with Gasteiger partial charge in [0.1, 0.15) is 0 Å². The average molecular weight is 224 g/mol. The number of ether oxygens (including phenoxy) is 1. The van der Waals surface area contributed by atoms with E-state index in [1.807, 2.05) is 0 Å². The lowest BCUT2D eigenvalue weighted by molar-refractivity contribution is -0.156. The number of halogens is 1. The molecule has 2 N–H and O–H groups in total. The van der Waals surface area contributed by atoms with Gasteiger partial charge in [-0.3, -0.25) is 9.59 Å². The van der Waals surface area contributed by atoms with Crippen molar-refractivity contribution in [2.24, 2.45) is 11.8 Å². The van der Waals surface area contributed by atoms with Crippen molar-refractivity contribution in [3.8, 4) is 0 Å². The predicted octanol–water partition coefficient (Wildman–Crippen LogP) is -0.108. The van der Waals surface area contributed by atoms with Gasteiger partial charge in [-0.2, -0.15) is 0 Å². The fourth-order valence-corrected chi connectivity index (χ4v) is 1.55. The van der Waals surface area contributed by atoms with Gasteiger partial charge in [0.15, 0.2) is 0 Å². The Morgan fingerprint density at radius 1 is 1.43 bits per heavy atom. The Hall–Kier alpha value is -0.810. The summed E-state index contributed by atoms with van der Waals surface area (Å²) in [6.07, 6.45) is 0.481. The number of carboxylic acid groups (broad SMARTS) is 1. The normalized spacial score (nSPS) is 26.1. The summed E-state index contributed by atoms with van der Waals surface area (Å²) in [4.78, 5) is 21.9. The Bertz CT molecular complexity index is 221. The van der Waals surface area contributed by atoms with E-state index in [0.717, 1.165) is 0 Å². The van der Waals surface area contributed by atoms with Gasteiger partial charge in [-0.25, -0.2) is 0 Å². The van der Waals surface area contributed by atoms with Crippen LogP contribution < -0.4 is 5.32 Å². The number of esters is 1. The maximum Gasteiger partial charge on any atom is 0.310 e. The fraction of sp³-hybridized carbons (Fsp3) is 0.750. The fourth-order valence-electron chi connectivity index (χ4n) is 1.55. The number of hydrogen-bond donors (Lipinski definition) is 2. The van der Waals surface area contributed by atoms with Crippen LogP contribution in [0.4, 0.5) is 0 Å². The molecule has 0 unspecified atom stereocenters. The van der Waals surface area contributed by atoms with Crippen molar-refractivity contribution < 1.29 is 19.4 Å². The van der Waals surface area contributed by atoms with Crippen LogP contribution >= 0.6 is 12.4 Å². The second-order valence-electron chi connectivity index (χ2n) is 3.07. The SMILES string of the molecule is COC(=O)[C@H]1CNCC[C@H]1C(=O)O.Cl. The standard InChI is InChI=1S/C8H13NO4.ClH/c1-13-8(12)6-4-9-3-2-5(6)7(10)11;/h5-6,9H,2-4H2,1H3,(H,10,11);1H/t5-,6+;/m1./s1. The number of carbonyl (C=O) groups is 2. The number of piperidine rings is 1. The van der Waals surface area contributed by atoms with Crippen LogP contribution in [0.1, 0.15) is 6.42 Å². The molecular formula is C8H14ClNO4. The molecule has 0 aromatic rings. The van der Waals surface area contributed by atoms with Crippen LogP contribution in [0.5, 0.6) is 0 Å². The Morgan fingerprint density at radius 2 is 2.07 bits per heavy atom. The van der Waals surface area contributed by atoms with E-state index in [-0.39, 0.29) is 12.4 Å². The Morgan fingerprint density at radius 3 is 2.57 bits per heavy atom. The third-order valence-corrected chi connectivity index (χ3v) is 2.30.